The van der Waals surface area contributed by atoms with Crippen LogP contribution in [0.4, 0.5) is 0 Å². The van der Waals surface area contributed by atoms with E-state index in [1.807, 2.05) is 0 Å². The molecule has 0 amide bonds. The Morgan fingerprint density at radius 3 is 0.884 bits per heavy atom. The molecule has 0 heterocycles. The molecule has 0 saturated carbocycles. The summed E-state index contributed by atoms with van der Waals surface area (Å²) >= 11 is 0. The highest BCUT2D eigenvalue weighted by Crippen LogP contribution is 2.33. The van der Waals surface area contributed by atoms with Crippen LogP contribution in [0, 0.1) is 0 Å². The first-order chi connectivity index (χ1) is 19.5. The summed E-state index contributed by atoms with van der Waals surface area (Å²) in [4.78, 5) is 0. The van der Waals surface area contributed by atoms with Crippen LogP contribution in [0.3, 0.4) is 0 Å². The van der Waals surface area contributed by atoms with Crippen LogP contribution in [0.25, 0.3) is 0 Å². The van der Waals surface area contributed by atoms with Crippen LogP contribution < -0.4 is 0 Å². The van der Waals surface area contributed by atoms with Gasteiger partial charge in [0, 0.05) is 53.7 Å². The molecule has 0 aliphatic carbocycles. The maximum absolute atomic E-state index is 7.09. The van der Waals surface area contributed by atoms with Gasteiger partial charge >= 0.3 is 26.4 Å². The third kappa shape index (κ3) is 14.4. The number of nitrogens with zero attached hydrogens (tertiary/aromatic N) is 2. The van der Waals surface area contributed by atoms with Crippen molar-refractivity contribution in [2.45, 2.75) is 129 Å². The molecular formula is C27H72N2O7Si7. The Morgan fingerprint density at radius 1 is 0.395 bits per heavy atom. The fourth-order valence-corrected chi connectivity index (χ4v) is 37.0. The van der Waals surface area contributed by atoms with Crippen LogP contribution in [0.15, 0.2) is 0 Å². The topological polar surface area (TPSA) is 71.1 Å². The molecule has 43 heavy (non-hydrogen) atoms. The Bertz CT molecular complexity index is 754. The highest BCUT2D eigenvalue weighted by Gasteiger charge is 2.58. The van der Waals surface area contributed by atoms with E-state index in [4.69, 9.17) is 30.4 Å². The summed E-state index contributed by atoms with van der Waals surface area (Å²) in [6.07, 6.45) is 3.80. The second-order valence-corrected chi connectivity index (χ2v) is 45.3. The lowest BCUT2D eigenvalue weighted by atomic mass is 10.4. The van der Waals surface area contributed by atoms with E-state index in [1.54, 1.807) is 35.5 Å². The molecule has 0 saturated heterocycles. The summed E-state index contributed by atoms with van der Waals surface area (Å²) in [5.41, 5.74) is 0. The first kappa shape index (κ1) is 44.2. The number of unbranched alkanes of at least 4 members (excludes halogenated alkanes) is 1. The zero-order valence-corrected chi connectivity index (χ0v) is 38.6. The van der Waals surface area contributed by atoms with E-state index >= 15 is 0 Å². The van der Waals surface area contributed by atoms with Gasteiger partial charge in [0.15, 0.2) is 0 Å². The fourth-order valence-electron chi connectivity index (χ4n) is 6.28. The molecule has 0 aromatic carbocycles. The molecule has 1 unspecified atom stereocenters. The van der Waals surface area contributed by atoms with Crippen LogP contribution in [0.2, 0.25) is 96.7 Å². The Morgan fingerprint density at radius 2 is 0.651 bits per heavy atom. The normalized spacial score (nSPS) is 15.9. The van der Waals surface area contributed by atoms with Crippen molar-refractivity contribution in [2.75, 3.05) is 48.6 Å². The Labute approximate surface area is 275 Å². The summed E-state index contributed by atoms with van der Waals surface area (Å²) in [5.74, 6) is 0. The number of hydrogen-bond acceptors (Lipinski definition) is 9. The van der Waals surface area contributed by atoms with Gasteiger partial charge in [0.25, 0.3) is 0 Å². The average Bonchev–Trinajstić information content (AvgIpc) is 2.87. The maximum Gasteiger partial charge on any atom is 0.493 e. The summed E-state index contributed by atoms with van der Waals surface area (Å²) in [7, 11) is -7.08. The Kier molecular flexibility index (Phi) is 18.6. The minimum atomic E-state index is -3.38. The van der Waals surface area contributed by atoms with E-state index in [2.05, 4.69) is 93.9 Å². The van der Waals surface area contributed by atoms with Crippen molar-refractivity contribution in [2.24, 2.45) is 0 Å². The molecule has 0 bridgehead atoms. The van der Waals surface area contributed by atoms with E-state index in [9.17, 15) is 0 Å². The molecule has 260 valence electrons. The second-order valence-electron chi connectivity index (χ2n) is 15.6. The lowest BCUT2D eigenvalue weighted by molar-refractivity contribution is 0.0692. The van der Waals surface area contributed by atoms with Crippen molar-refractivity contribution in [3.63, 3.8) is 0 Å². The van der Waals surface area contributed by atoms with Gasteiger partial charge in [0.1, 0.15) is 32.9 Å². The minimum Gasteiger partial charge on any atom is -0.378 e. The third-order valence-corrected chi connectivity index (χ3v) is 34.4. The predicted octanol–water partition coefficient (Wildman–Crippen LogP) is 7.59. The van der Waals surface area contributed by atoms with Crippen molar-refractivity contribution >= 4 is 59.4 Å². The summed E-state index contributed by atoms with van der Waals surface area (Å²) in [5, 5.41) is 0. The molecule has 0 fully saturated rings. The second kappa shape index (κ2) is 18.1. The highest BCUT2D eigenvalue weighted by atomic mass is 28.5. The van der Waals surface area contributed by atoms with Gasteiger partial charge in [-0.1, -0.05) is 91.9 Å². The summed E-state index contributed by atoms with van der Waals surface area (Å²) < 4.78 is 50.6. The van der Waals surface area contributed by atoms with Gasteiger partial charge in [0.2, 0.25) is 0 Å². The fraction of sp³-hybridized carbons (Fsp3) is 1.00. The molecule has 1 atom stereocenters. The zero-order valence-electron chi connectivity index (χ0n) is 31.6. The monoisotopic (exact) mass is 732 g/mol. The van der Waals surface area contributed by atoms with E-state index in [1.165, 1.54) is 0 Å². The van der Waals surface area contributed by atoms with Crippen molar-refractivity contribution in [3.8, 4) is 0 Å². The number of hydrogen-bond donors (Lipinski definition) is 0. The largest absolute Gasteiger partial charge is 0.493 e. The molecule has 0 aromatic heterocycles. The third-order valence-electron chi connectivity index (χ3n) is 7.98. The predicted molar refractivity (Wildman–Crippen MR) is 200 cm³/mol. The van der Waals surface area contributed by atoms with E-state index < -0.39 is 59.4 Å². The Hall–Kier alpha value is 1.16. The first-order valence-electron chi connectivity index (χ1n) is 16.2. The highest BCUT2D eigenvalue weighted by molar-refractivity contribution is 6.90. The molecule has 0 aliphatic heterocycles. The van der Waals surface area contributed by atoms with Crippen LogP contribution in [0.5, 0.6) is 0 Å². The lowest BCUT2D eigenvalue weighted by Gasteiger charge is -2.45. The van der Waals surface area contributed by atoms with Crippen molar-refractivity contribution in [3.05, 3.63) is 0 Å². The van der Waals surface area contributed by atoms with E-state index in [0.717, 1.165) is 38.8 Å². The molecule has 16 heteroatoms. The van der Waals surface area contributed by atoms with Crippen LogP contribution in [-0.2, 0) is 30.4 Å². The van der Waals surface area contributed by atoms with Crippen molar-refractivity contribution in [1.29, 1.82) is 0 Å². The Balaban J connectivity index is 6.47. The molecular weight excluding hydrogens is 661 g/mol. The molecule has 9 nitrogen and oxygen atoms in total. The van der Waals surface area contributed by atoms with E-state index in [-0.39, 0.29) is 0 Å². The summed E-state index contributed by atoms with van der Waals surface area (Å²) in [6.45, 7) is 33.5. The zero-order chi connectivity index (χ0) is 34.0. The van der Waals surface area contributed by atoms with Gasteiger partial charge in [-0.25, -0.2) is 0 Å². The van der Waals surface area contributed by atoms with Gasteiger partial charge < -0.3 is 38.8 Å². The molecule has 0 aliphatic rings. The van der Waals surface area contributed by atoms with E-state index in [0.29, 0.717) is 18.1 Å². The average molecular weight is 733 g/mol. The molecule has 0 N–H and O–H groups in total. The van der Waals surface area contributed by atoms with Gasteiger partial charge in [-0.05, 0) is 32.4 Å². The van der Waals surface area contributed by atoms with Gasteiger partial charge in [0.05, 0.1) is 0 Å². The SMILES string of the molecule is CCCC[Si](OC)(OC)O[Si](CCCN([Si](C)(C)C)[Si](C)(C)C)(OC)O[Si](CCCN([Si](C)(C)C)[Si](C)(C)C)(OC)OC. The van der Waals surface area contributed by atoms with Gasteiger partial charge in [-0.3, -0.25) is 0 Å². The molecule has 0 aromatic rings. The van der Waals surface area contributed by atoms with Crippen LogP contribution in [-0.4, -0.2) is 116 Å². The molecule has 0 rings (SSSR count). The minimum absolute atomic E-state index is 0.653. The lowest BCUT2D eigenvalue weighted by Crippen LogP contribution is -2.64. The number of rotatable bonds is 24. The van der Waals surface area contributed by atoms with Crippen LogP contribution >= 0.6 is 0 Å². The quantitative estimate of drug-likeness (QED) is 0.0934. The van der Waals surface area contributed by atoms with Gasteiger partial charge in [-0.2, -0.15) is 0 Å². The van der Waals surface area contributed by atoms with Gasteiger partial charge in [-0.15, -0.1) is 0 Å². The smallest absolute Gasteiger partial charge is 0.378 e. The maximum atomic E-state index is 7.09. The first-order valence-corrected chi connectivity index (χ1v) is 35.8. The van der Waals surface area contributed by atoms with Crippen molar-refractivity contribution < 1.29 is 30.4 Å². The van der Waals surface area contributed by atoms with Crippen LogP contribution in [0.1, 0.15) is 32.6 Å². The standard InChI is InChI=1S/C27H72N2O7Si7/c1-19-20-25-41(30-2,31-3)35-43(34-6,27-22-24-29(39(13,14)15)40(16,17)18)36-42(32-4,33-5)26-21-23-28(37(7,8)9)38(10,11)12/h19-27H2,1-18H3. The molecule has 0 spiro atoms. The summed E-state index contributed by atoms with van der Waals surface area (Å²) in [6, 6.07) is 2.07. The van der Waals surface area contributed by atoms with Crippen molar-refractivity contribution in [1.82, 2.24) is 8.46 Å². The molecule has 0 radical (unpaired) electrons.